The van der Waals surface area contributed by atoms with E-state index in [-0.39, 0.29) is 30.5 Å². The van der Waals surface area contributed by atoms with E-state index >= 15 is 0 Å². The van der Waals surface area contributed by atoms with Gasteiger partial charge in [0.1, 0.15) is 17.9 Å². The van der Waals surface area contributed by atoms with Crippen molar-refractivity contribution in [3.63, 3.8) is 0 Å². The van der Waals surface area contributed by atoms with Crippen LogP contribution in [0.25, 0.3) is 11.1 Å². The Kier molecular flexibility index (Phi) is 8.24. The molecule has 2 amide bonds. The molecule has 1 N–H and O–H groups in total. The number of fused-ring (bicyclic) bond motifs is 1. The molecular formula is C33H28Cl2N8O4S. The fourth-order valence-electron chi connectivity index (χ4n) is 6.12. The first-order valence-corrected chi connectivity index (χ1v) is 17.2. The minimum atomic E-state index is -4.30. The van der Waals surface area contributed by atoms with Crippen LogP contribution in [0.3, 0.4) is 0 Å². The first kappa shape index (κ1) is 31.9. The highest BCUT2D eigenvalue weighted by Crippen LogP contribution is 2.45. The number of carbonyl (C=O) groups is 2. The van der Waals surface area contributed by atoms with Gasteiger partial charge >= 0.3 is 0 Å². The van der Waals surface area contributed by atoms with Gasteiger partial charge in [0.15, 0.2) is 5.03 Å². The van der Waals surface area contributed by atoms with Crippen LogP contribution in [0.15, 0.2) is 96.9 Å². The molecule has 0 aliphatic carbocycles. The van der Waals surface area contributed by atoms with E-state index in [9.17, 15) is 18.0 Å². The van der Waals surface area contributed by atoms with Crippen molar-refractivity contribution < 1.29 is 18.0 Å². The fourth-order valence-corrected chi connectivity index (χ4v) is 8.45. The minimum absolute atomic E-state index is 0.0931. The van der Waals surface area contributed by atoms with Gasteiger partial charge < -0.3 is 5.32 Å². The normalized spacial score (nSPS) is 19.2. The molecular weight excluding hydrogens is 675 g/mol. The Hall–Kier alpha value is -4.69. The van der Waals surface area contributed by atoms with Crippen molar-refractivity contribution in [2.24, 2.45) is 0 Å². The molecule has 48 heavy (non-hydrogen) atoms. The summed E-state index contributed by atoms with van der Waals surface area (Å²) < 4.78 is 31.2. The van der Waals surface area contributed by atoms with Gasteiger partial charge in [-0.2, -0.15) is 4.31 Å². The predicted molar refractivity (Wildman–Crippen MR) is 179 cm³/mol. The van der Waals surface area contributed by atoms with Crippen molar-refractivity contribution in [3.05, 3.63) is 113 Å². The molecule has 0 saturated carbocycles. The van der Waals surface area contributed by atoms with Crippen LogP contribution in [0, 0.1) is 0 Å². The van der Waals surface area contributed by atoms with Gasteiger partial charge in [-0.05, 0) is 54.3 Å². The average Bonchev–Trinajstić information content (AvgIpc) is 3.58. The van der Waals surface area contributed by atoms with Crippen molar-refractivity contribution >= 4 is 56.7 Å². The second-order valence-corrected chi connectivity index (χ2v) is 14.5. The number of nitrogens with zero attached hydrogens (tertiary/aromatic N) is 7. The van der Waals surface area contributed by atoms with Crippen LogP contribution < -0.4 is 10.2 Å². The second-order valence-electron chi connectivity index (χ2n) is 11.8. The molecule has 1 saturated heterocycles. The lowest BCUT2D eigenvalue weighted by Gasteiger charge is -2.38. The average molecular weight is 704 g/mol. The highest BCUT2D eigenvalue weighted by atomic mass is 35.5. The van der Waals surface area contributed by atoms with E-state index in [2.05, 4.69) is 25.3 Å². The zero-order valence-corrected chi connectivity index (χ0v) is 27.8. The van der Waals surface area contributed by atoms with Crippen molar-refractivity contribution in [2.75, 3.05) is 11.4 Å². The number of imidazole rings is 1. The molecule has 2 aliphatic heterocycles. The number of nitrogens with one attached hydrogen (secondary N) is 1. The lowest BCUT2D eigenvalue weighted by atomic mass is 9.91. The summed E-state index contributed by atoms with van der Waals surface area (Å²) >= 11 is 12.6. The summed E-state index contributed by atoms with van der Waals surface area (Å²) in [5.41, 5.74) is 2.17. The topological polar surface area (TPSA) is 143 Å². The molecule has 0 unspecified atom stereocenters. The third kappa shape index (κ3) is 5.62. The first-order valence-electron chi connectivity index (χ1n) is 15.0. The Morgan fingerprint density at radius 3 is 2.33 bits per heavy atom. The molecule has 5 heterocycles. The maximum absolute atomic E-state index is 14.5. The van der Waals surface area contributed by atoms with E-state index in [0.29, 0.717) is 22.2 Å². The number of hydrogen-bond acceptors (Lipinski definition) is 8. The summed E-state index contributed by atoms with van der Waals surface area (Å²) in [6.07, 6.45) is 9.83. The molecule has 244 valence electrons. The Morgan fingerprint density at radius 1 is 0.958 bits per heavy atom. The van der Waals surface area contributed by atoms with Crippen LogP contribution in [0.4, 0.5) is 11.6 Å². The number of anilines is 2. The molecule has 7 rings (SSSR count). The summed E-state index contributed by atoms with van der Waals surface area (Å²) in [5, 5.41) is 3.20. The smallest absolute Gasteiger partial charge is 0.261 e. The number of sulfonamides is 1. The molecule has 1 fully saturated rings. The molecule has 12 nitrogen and oxygen atoms in total. The summed E-state index contributed by atoms with van der Waals surface area (Å²) in [6.45, 7) is 2.02. The number of halogens is 2. The van der Waals surface area contributed by atoms with Gasteiger partial charge in [-0.25, -0.2) is 28.3 Å². The van der Waals surface area contributed by atoms with Gasteiger partial charge in [0.2, 0.25) is 11.9 Å². The van der Waals surface area contributed by atoms with E-state index in [0.717, 1.165) is 26.6 Å². The maximum Gasteiger partial charge on any atom is 0.261 e. The fraction of sp³-hybridized carbons (Fsp3) is 0.212. The van der Waals surface area contributed by atoms with E-state index < -0.39 is 33.4 Å². The molecule has 0 spiro atoms. The second kappa shape index (κ2) is 12.4. The van der Waals surface area contributed by atoms with E-state index in [1.807, 2.05) is 30.3 Å². The van der Waals surface area contributed by atoms with Crippen LogP contribution in [-0.4, -0.2) is 61.6 Å². The molecule has 0 bridgehead atoms. The molecule has 2 aromatic carbocycles. The monoisotopic (exact) mass is 702 g/mol. The maximum atomic E-state index is 14.5. The summed E-state index contributed by atoms with van der Waals surface area (Å²) in [4.78, 5) is 45.6. The van der Waals surface area contributed by atoms with Crippen LogP contribution in [0.5, 0.6) is 0 Å². The van der Waals surface area contributed by atoms with Gasteiger partial charge in [-0.15, -0.1) is 0 Å². The van der Waals surface area contributed by atoms with Crippen molar-refractivity contribution in [1.29, 1.82) is 0 Å². The highest BCUT2D eigenvalue weighted by Gasteiger charge is 2.54. The summed E-state index contributed by atoms with van der Waals surface area (Å²) in [7, 11) is -4.30. The number of pyridine rings is 1. The Balaban J connectivity index is 1.25. The Bertz CT molecular complexity index is 2110. The molecule has 5 aromatic rings. The number of carbonyl (C=O) groups excluding carboxylic acids is 2. The van der Waals surface area contributed by atoms with E-state index in [1.165, 1.54) is 28.1 Å². The van der Waals surface area contributed by atoms with Crippen molar-refractivity contribution in [3.8, 4) is 11.1 Å². The first-order chi connectivity index (χ1) is 23.1. The molecule has 3 aromatic heterocycles. The molecule has 2 aliphatic rings. The number of benzene rings is 2. The molecule has 2 atom stereocenters. The SMILES string of the molecule is C[C@@]1(Cc2ccc(-c3cncnc3)cc2)C(=O)N(c2cc(Cl)cc(Cl)c2)c2ncc(S(=O)(=O)N3CC[C@H]3C(=O)NCc3cccnc3)n21. The zero-order valence-electron chi connectivity index (χ0n) is 25.5. The predicted octanol–water partition coefficient (Wildman–Crippen LogP) is 4.76. The van der Waals surface area contributed by atoms with Crippen molar-refractivity contribution in [2.45, 2.75) is 42.9 Å². The number of rotatable bonds is 9. The van der Waals surface area contributed by atoms with Crippen LogP contribution in [0.1, 0.15) is 24.5 Å². The zero-order chi connectivity index (χ0) is 33.6. The largest absolute Gasteiger partial charge is 0.351 e. The van der Waals surface area contributed by atoms with E-state index in [4.69, 9.17) is 23.2 Å². The number of amides is 2. The molecule has 0 radical (unpaired) electrons. The number of aromatic nitrogens is 5. The van der Waals surface area contributed by atoms with Gasteiger partial charge in [-0.3, -0.25) is 19.1 Å². The minimum Gasteiger partial charge on any atom is -0.351 e. The van der Waals surface area contributed by atoms with Gasteiger partial charge in [0, 0.05) is 59.9 Å². The van der Waals surface area contributed by atoms with Crippen LogP contribution in [-0.2, 0) is 38.1 Å². The van der Waals surface area contributed by atoms with Crippen LogP contribution in [0.2, 0.25) is 10.0 Å². The third-order valence-electron chi connectivity index (χ3n) is 8.61. The summed E-state index contributed by atoms with van der Waals surface area (Å²) in [6, 6.07) is 14.9. The third-order valence-corrected chi connectivity index (χ3v) is 10.9. The molecule has 15 heteroatoms. The number of hydrogen-bond donors (Lipinski definition) is 1. The lowest BCUT2D eigenvalue weighted by molar-refractivity contribution is -0.128. The van der Waals surface area contributed by atoms with Gasteiger partial charge in [-0.1, -0.05) is 53.5 Å². The van der Waals surface area contributed by atoms with Crippen molar-refractivity contribution in [1.82, 2.24) is 34.1 Å². The quantitative estimate of drug-likeness (QED) is 0.232. The Labute approximate surface area is 286 Å². The van der Waals surface area contributed by atoms with Gasteiger partial charge in [0.05, 0.1) is 11.9 Å². The lowest BCUT2D eigenvalue weighted by Crippen LogP contribution is -2.58. The standard InChI is InChI=1S/C33H28Cl2N8O4S/c1-33(14-21-4-6-23(7-5-21)24-17-37-20-38-18-24)31(45)42(27-12-25(34)11-26(35)13-27)32-40-19-29(43(32)33)48(46,47)41-10-8-28(41)30(44)39-16-22-3-2-9-36-15-22/h2-7,9,11-13,15,17-20,28H,8,10,14,16H2,1H3,(H,39,44)/t28-,33+/m0/s1. The van der Waals surface area contributed by atoms with Crippen LogP contribution >= 0.6 is 23.2 Å². The van der Waals surface area contributed by atoms with Gasteiger partial charge in [0.25, 0.3) is 15.9 Å². The van der Waals surface area contributed by atoms with E-state index in [1.54, 1.807) is 49.9 Å². The summed E-state index contributed by atoms with van der Waals surface area (Å²) in [5.74, 6) is -0.751. The highest BCUT2D eigenvalue weighted by molar-refractivity contribution is 7.89. The Morgan fingerprint density at radius 2 is 1.69 bits per heavy atom.